The smallest absolute Gasteiger partial charge is 0.0166 e. The fourth-order valence-electron chi connectivity index (χ4n) is 2.64. The lowest BCUT2D eigenvalue weighted by Crippen LogP contribution is -2.56. The summed E-state index contributed by atoms with van der Waals surface area (Å²) in [5, 5.41) is 6.08. The minimum atomic E-state index is 0.264. The third-order valence-electron chi connectivity index (χ3n) is 2.86. The molecular weight excluding hydrogens is 143 g/mol. The maximum Gasteiger partial charge on any atom is 0.0166 e. The van der Waals surface area contributed by atoms with Gasteiger partial charge < -0.3 is 0 Å². The summed E-state index contributed by atoms with van der Waals surface area (Å²) in [6.07, 6.45) is 4.57. The lowest BCUT2D eigenvalue weighted by Gasteiger charge is -2.51. The summed E-state index contributed by atoms with van der Waals surface area (Å²) < 4.78 is 0. The Morgan fingerprint density at radius 3 is 2.40 bits per heavy atom. The van der Waals surface area contributed by atoms with Crippen LogP contribution in [0.3, 0.4) is 0 Å². The first kappa shape index (κ1) is 5.93. The zero-order valence-electron chi connectivity index (χ0n) is 6.08. The van der Waals surface area contributed by atoms with E-state index in [1.54, 1.807) is 0 Å². The summed E-state index contributed by atoms with van der Waals surface area (Å²) >= 11 is 0. The molecule has 0 aromatic heterocycles. The van der Waals surface area contributed by atoms with Crippen LogP contribution in [0.25, 0.3) is 0 Å². The van der Waals surface area contributed by atoms with Crippen LogP contribution in [0.1, 0.15) is 6.42 Å². The van der Waals surface area contributed by atoms with Crippen LogP contribution in [0.15, 0.2) is 0 Å². The van der Waals surface area contributed by atoms with Crippen molar-refractivity contribution in [2.75, 3.05) is 25.4 Å². The average Bonchev–Trinajstić information content (AvgIpc) is 1.82. The van der Waals surface area contributed by atoms with E-state index >= 15 is 0 Å². The van der Waals surface area contributed by atoms with Gasteiger partial charge in [0.25, 0.3) is 0 Å². The molecule has 2 atom stereocenters. The molecule has 0 spiro atoms. The summed E-state index contributed by atoms with van der Waals surface area (Å²) in [4.78, 5) is 0. The van der Waals surface area contributed by atoms with E-state index < -0.39 is 0 Å². The highest BCUT2D eigenvalue weighted by Crippen LogP contribution is 2.50. The first-order valence-corrected chi connectivity index (χ1v) is 5.87. The molecule has 0 aromatic carbocycles. The van der Waals surface area contributed by atoms with Crippen LogP contribution in [0.5, 0.6) is 0 Å². The number of nitrogens with zero attached hydrogens (tertiary/aromatic N) is 1. The van der Waals surface area contributed by atoms with E-state index in [0.717, 1.165) is 11.8 Å². The fourth-order valence-corrected chi connectivity index (χ4v) is 5.30. The monoisotopic (exact) mass is 156 g/mol. The maximum absolute atomic E-state index is 3.61. The van der Waals surface area contributed by atoms with E-state index in [0.29, 0.717) is 0 Å². The van der Waals surface area contributed by atoms with Crippen molar-refractivity contribution in [3.05, 3.63) is 0 Å². The molecule has 0 amide bonds. The van der Waals surface area contributed by atoms with Crippen LogP contribution in [0.4, 0.5) is 0 Å². The van der Waals surface area contributed by atoms with E-state index in [-0.39, 0.29) is 8.07 Å². The van der Waals surface area contributed by atoms with Gasteiger partial charge in [-0.3, -0.25) is 0 Å². The number of piperidine rings is 1. The second kappa shape index (κ2) is 1.94. The topological polar surface area (TPSA) is 15.3 Å². The maximum atomic E-state index is 3.61. The van der Waals surface area contributed by atoms with Gasteiger partial charge in [-0.2, -0.15) is 0 Å². The Morgan fingerprint density at radius 1 is 1.20 bits per heavy atom. The SMILES string of the molecule is C1C2CN3CC1CP(C2)N3. The third kappa shape index (κ3) is 0.761. The van der Waals surface area contributed by atoms with Crippen LogP contribution in [0.2, 0.25) is 0 Å². The number of hydrazine groups is 1. The van der Waals surface area contributed by atoms with Gasteiger partial charge in [-0.1, -0.05) is 0 Å². The molecule has 56 valence electrons. The molecule has 0 radical (unpaired) electrons. The third-order valence-corrected chi connectivity index (χ3v) is 5.34. The minimum absolute atomic E-state index is 0.264. The van der Waals surface area contributed by atoms with Crippen molar-refractivity contribution >= 4 is 8.07 Å². The van der Waals surface area contributed by atoms with Crippen molar-refractivity contribution in [1.82, 2.24) is 10.2 Å². The van der Waals surface area contributed by atoms with E-state index in [4.69, 9.17) is 0 Å². The van der Waals surface area contributed by atoms with Crippen molar-refractivity contribution in [2.24, 2.45) is 11.8 Å². The molecule has 0 aliphatic carbocycles. The molecular formula is C7H13N2P. The van der Waals surface area contributed by atoms with E-state index in [2.05, 4.69) is 10.2 Å². The molecule has 4 saturated heterocycles. The zero-order valence-corrected chi connectivity index (χ0v) is 6.98. The molecule has 2 unspecified atom stereocenters. The lowest BCUT2D eigenvalue weighted by atomic mass is 9.92. The van der Waals surface area contributed by atoms with Gasteiger partial charge in [-0.05, 0) is 38.7 Å². The highest BCUT2D eigenvalue weighted by Gasteiger charge is 2.40. The second-order valence-electron chi connectivity index (χ2n) is 3.88. The summed E-state index contributed by atoms with van der Waals surface area (Å²) in [7, 11) is 0.264. The van der Waals surface area contributed by atoms with Crippen LogP contribution >= 0.6 is 8.07 Å². The molecule has 1 N–H and O–H groups in total. The molecule has 2 nitrogen and oxygen atoms in total. The van der Waals surface area contributed by atoms with Gasteiger partial charge in [0.1, 0.15) is 0 Å². The standard InChI is InChI=1S/C7H13N2P/c1-6-2-9-3-7(1)5-10(4-6)8-9/h6-8H,1-5H2. The summed E-state index contributed by atoms with van der Waals surface area (Å²) in [5.41, 5.74) is 0. The van der Waals surface area contributed by atoms with Gasteiger partial charge in [0.2, 0.25) is 0 Å². The Bertz CT molecular complexity index is 103. The number of hydrogen-bond acceptors (Lipinski definition) is 2. The largest absolute Gasteiger partial charge is 0.240 e. The normalized spacial score (nSPS) is 57.6. The molecule has 4 aliphatic heterocycles. The lowest BCUT2D eigenvalue weighted by molar-refractivity contribution is 0.0947. The molecule has 4 heterocycles. The summed E-state index contributed by atoms with van der Waals surface area (Å²) in [6.45, 7) is 2.69. The van der Waals surface area contributed by atoms with Gasteiger partial charge in [0, 0.05) is 13.1 Å². The van der Waals surface area contributed by atoms with Crippen LogP contribution in [0, 0.1) is 11.8 Å². The first-order chi connectivity index (χ1) is 4.90. The molecule has 4 bridgehead atoms. The summed E-state index contributed by atoms with van der Waals surface area (Å²) in [6, 6.07) is 0. The Kier molecular flexibility index (Phi) is 1.15. The molecule has 10 heavy (non-hydrogen) atoms. The van der Waals surface area contributed by atoms with Crippen molar-refractivity contribution in [3.8, 4) is 0 Å². The average molecular weight is 156 g/mol. The van der Waals surface area contributed by atoms with Gasteiger partial charge in [0.05, 0.1) is 0 Å². The van der Waals surface area contributed by atoms with Crippen molar-refractivity contribution in [2.45, 2.75) is 6.42 Å². The predicted octanol–water partition coefficient (Wildman–Crippen LogP) is 0.853. The quantitative estimate of drug-likeness (QED) is 0.523. The Labute approximate surface area is 62.7 Å². The highest BCUT2D eigenvalue weighted by atomic mass is 31.1. The molecule has 4 fully saturated rings. The van der Waals surface area contributed by atoms with Gasteiger partial charge in [-0.25, -0.2) is 10.2 Å². The second-order valence-corrected chi connectivity index (χ2v) is 5.89. The minimum Gasteiger partial charge on any atom is -0.240 e. The van der Waals surface area contributed by atoms with Crippen molar-refractivity contribution in [1.29, 1.82) is 0 Å². The van der Waals surface area contributed by atoms with Gasteiger partial charge in [-0.15, -0.1) is 0 Å². The predicted molar refractivity (Wildman–Crippen MR) is 43.0 cm³/mol. The zero-order chi connectivity index (χ0) is 6.55. The van der Waals surface area contributed by atoms with E-state index in [1.165, 1.54) is 31.8 Å². The Hall–Kier alpha value is 0.350. The van der Waals surface area contributed by atoms with Crippen LogP contribution < -0.4 is 5.20 Å². The molecule has 4 rings (SSSR count). The molecule has 3 heteroatoms. The first-order valence-electron chi connectivity index (χ1n) is 4.16. The number of rotatable bonds is 0. The van der Waals surface area contributed by atoms with E-state index in [9.17, 15) is 0 Å². The van der Waals surface area contributed by atoms with Gasteiger partial charge in [0.15, 0.2) is 0 Å². The molecule has 0 aromatic rings. The number of nitrogens with one attached hydrogen (secondary N) is 1. The van der Waals surface area contributed by atoms with Crippen LogP contribution in [-0.4, -0.2) is 30.4 Å². The molecule has 0 saturated carbocycles. The van der Waals surface area contributed by atoms with E-state index in [1.807, 2.05) is 0 Å². The fraction of sp³-hybridized carbons (Fsp3) is 1.00. The molecule has 4 aliphatic rings. The highest BCUT2D eigenvalue weighted by molar-refractivity contribution is 7.55. The Balaban J connectivity index is 1.90. The van der Waals surface area contributed by atoms with Crippen LogP contribution in [-0.2, 0) is 0 Å². The van der Waals surface area contributed by atoms with Gasteiger partial charge >= 0.3 is 0 Å². The number of hydrogen-bond donors (Lipinski definition) is 1. The Morgan fingerprint density at radius 2 is 1.90 bits per heavy atom. The summed E-state index contributed by atoms with van der Waals surface area (Å²) in [5.74, 6) is 2.14. The van der Waals surface area contributed by atoms with Crippen molar-refractivity contribution < 1.29 is 0 Å². The van der Waals surface area contributed by atoms with Crippen molar-refractivity contribution in [3.63, 3.8) is 0 Å².